The van der Waals surface area contributed by atoms with Gasteiger partial charge in [0.25, 0.3) is 0 Å². The van der Waals surface area contributed by atoms with Crippen LogP contribution in [-0.2, 0) is 0 Å². The molecule has 0 spiro atoms. The Bertz CT molecular complexity index is 289. The van der Waals surface area contributed by atoms with Crippen molar-refractivity contribution in [3.8, 4) is 11.8 Å². The van der Waals surface area contributed by atoms with Gasteiger partial charge in [0.1, 0.15) is 5.60 Å². The quantitative estimate of drug-likeness (QED) is 0.640. The Morgan fingerprint density at radius 2 is 2.46 bits per heavy atom. The number of hydrogen-bond acceptors (Lipinski definition) is 1. The fourth-order valence-corrected chi connectivity index (χ4v) is 1.40. The molecule has 2 heteroatoms. The van der Waals surface area contributed by atoms with E-state index in [0.29, 0.717) is 0 Å². The predicted octanol–water partition coefficient (Wildman–Crippen LogP) is 2.60. The summed E-state index contributed by atoms with van der Waals surface area (Å²) in [7, 11) is 0. The molecule has 0 aromatic heterocycles. The van der Waals surface area contributed by atoms with Gasteiger partial charge >= 0.3 is 0 Å². The van der Waals surface area contributed by atoms with Crippen LogP contribution in [0.25, 0.3) is 0 Å². The molecule has 0 aliphatic heterocycles. The summed E-state index contributed by atoms with van der Waals surface area (Å²) in [4.78, 5) is 0. The van der Waals surface area contributed by atoms with Gasteiger partial charge in [-0.1, -0.05) is 29.5 Å². The van der Waals surface area contributed by atoms with Gasteiger partial charge in [-0.3, -0.25) is 0 Å². The van der Waals surface area contributed by atoms with E-state index in [1.54, 1.807) is 6.92 Å². The molecule has 1 aliphatic rings. The summed E-state index contributed by atoms with van der Waals surface area (Å²) in [5.41, 5.74) is 1.31. The zero-order chi connectivity index (χ0) is 9.73. The molecule has 13 heavy (non-hydrogen) atoms. The molecular weight excluding hydrogens is 184 g/mol. The zero-order valence-electron chi connectivity index (χ0n) is 7.68. The minimum atomic E-state index is -1.11. The Morgan fingerprint density at radius 3 is 3.00 bits per heavy atom. The molecule has 1 aliphatic carbocycles. The first-order valence-electron chi connectivity index (χ1n) is 4.36. The Hall–Kier alpha value is -0.710. The molecule has 0 saturated heterocycles. The molecule has 0 bridgehead atoms. The number of aliphatic hydroxyl groups is 1. The molecule has 0 aromatic rings. The van der Waals surface area contributed by atoms with E-state index in [-0.39, 0.29) is 0 Å². The summed E-state index contributed by atoms with van der Waals surface area (Å²) < 4.78 is 0. The van der Waals surface area contributed by atoms with Crippen molar-refractivity contribution < 1.29 is 5.11 Å². The molecule has 1 atom stereocenters. The first kappa shape index (κ1) is 10.4. The van der Waals surface area contributed by atoms with Crippen LogP contribution in [-0.4, -0.2) is 10.7 Å². The van der Waals surface area contributed by atoms with Crippen molar-refractivity contribution in [2.24, 2.45) is 0 Å². The van der Waals surface area contributed by atoms with Crippen LogP contribution < -0.4 is 0 Å². The van der Waals surface area contributed by atoms with Gasteiger partial charge in [0.15, 0.2) is 0 Å². The van der Waals surface area contributed by atoms with Crippen molar-refractivity contribution in [1.29, 1.82) is 0 Å². The molecule has 1 N–H and O–H groups in total. The normalized spacial score (nSPS) is 20.7. The van der Waals surface area contributed by atoms with Crippen molar-refractivity contribution in [1.82, 2.24) is 0 Å². The van der Waals surface area contributed by atoms with E-state index < -0.39 is 5.60 Å². The number of hydrogen-bond donors (Lipinski definition) is 1. The highest BCUT2D eigenvalue weighted by Crippen LogP contribution is 2.16. The molecule has 70 valence electrons. The largest absolute Gasteiger partial charge is 0.374 e. The van der Waals surface area contributed by atoms with E-state index >= 15 is 0 Å². The molecule has 0 fully saturated rings. The number of halogens is 1. The van der Waals surface area contributed by atoms with Gasteiger partial charge < -0.3 is 5.11 Å². The first-order valence-corrected chi connectivity index (χ1v) is 4.80. The van der Waals surface area contributed by atoms with Gasteiger partial charge in [-0.15, -0.1) is 0 Å². The van der Waals surface area contributed by atoms with Crippen LogP contribution in [0.3, 0.4) is 0 Å². The molecule has 0 aromatic carbocycles. The molecule has 1 rings (SSSR count). The van der Waals surface area contributed by atoms with E-state index in [2.05, 4.69) is 17.9 Å². The summed E-state index contributed by atoms with van der Waals surface area (Å²) in [6.07, 6.45) is 6.91. The van der Waals surface area contributed by atoms with Crippen LogP contribution in [0.1, 0.15) is 26.2 Å². The highest BCUT2D eigenvalue weighted by atomic mass is 35.5. The monoisotopic (exact) mass is 196 g/mol. The highest BCUT2D eigenvalue weighted by Gasteiger charge is 2.11. The lowest BCUT2D eigenvalue weighted by Crippen LogP contribution is -2.17. The number of allylic oxidation sites excluding steroid dienone is 2. The fraction of sp³-hybridized carbons (Fsp3) is 0.455. The minimum absolute atomic E-state index is 1.04. The number of rotatable bonds is 1. The first-order chi connectivity index (χ1) is 6.14. The highest BCUT2D eigenvalue weighted by molar-refractivity contribution is 6.25. The topological polar surface area (TPSA) is 20.2 Å². The Morgan fingerprint density at radius 1 is 1.69 bits per heavy atom. The summed E-state index contributed by atoms with van der Waals surface area (Å²) in [6.45, 7) is 1.62. The molecule has 0 amide bonds. The van der Waals surface area contributed by atoms with Gasteiger partial charge in [-0.25, -0.2) is 0 Å². The predicted molar refractivity (Wildman–Crippen MR) is 55.3 cm³/mol. The summed E-state index contributed by atoms with van der Waals surface area (Å²) in [5.74, 6) is 5.73. The second-order valence-electron chi connectivity index (χ2n) is 3.31. The Labute approximate surface area is 84.1 Å². The van der Waals surface area contributed by atoms with Crippen LogP contribution in [0.15, 0.2) is 23.3 Å². The van der Waals surface area contributed by atoms with Crippen LogP contribution in [0.2, 0.25) is 0 Å². The van der Waals surface area contributed by atoms with Gasteiger partial charge in [0.2, 0.25) is 0 Å². The van der Waals surface area contributed by atoms with Crippen LogP contribution in [0.5, 0.6) is 0 Å². The van der Waals surface area contributed by atoms with E-state index in [1.807, 2.05) is 0 Å². The van der Waals surface area contributed by atoms with Crippen molar-refractivity contribution in [2.75, 3.05) is 0 Å². The lowest BCUT2D eigenvalue weighted by Gasteiger charge is -2.08. The minimum Gasteiger partial charge on any atom is -0.374 e. The smallest absolute Gasteiger partial charge is 0.142 e. The third-order valence-corrected chi connectivity index (χ3v) is 2.03. The van der Waals surface area contributed by atoms with Crippen LogP contribution >= 0.6 is 11.6 Å². The van der Waals surface area contributed by atoms with Gasteiger partial charge in [-0.2, -0.15) is 0 Å². The van der Waals surface area contributed by atoms with Crippen LogP contribution in [0, 0.1) is 11.8 Å². The Balaban J connectivity index is 2.64. The van der Waals surface area contributed by atoms with Crippen molar-refractivity contribution >= 4 is 11.6 Å². The molecule has 0 heterocycles. The van der Waals surface area contributed by atoms with Gasteiger partial charge in [-0.05, 0) is 37.8 Å². The summed E-state index contributed by atoms with van der Waals surface area (Å²) in [6, 6.07) is 0. The van der Waals surface area contributed by atoms with Crippen molar-refractivity contribution in [3.63, 3.8) is 0 Å². The molecule has 0 radical (unpaired) electrons. The summed E-state index contributed by atoms with van der Waals surface area (Å²) in [5, 5.41) is 9.60. The standard InChI is InChI=1S/C11H13ClO/c1-11(13,8-9-12)7-6-10-4-2-3-5-10/h4,8-9,13H,2-3,5H2,1H3/b9-8+. The lowest BCUT2D eigenvalue weighted by atomic mass is 10.1. The van der Waals surface area contributed by atoms with E-state index in [0.717, 1.165) is 18.4 Å². The van der Waals surface area contributed by atoms with E-state index in [4.69, 9.17) is 11.6 Å². The molecule has 0 saturated carbocycles. The summed E-state index contributed by atoms with van der Waals surface area (Å²) >= 11 is 5.36. The maximum atomic E-state index is 9.60. The Kier molecular flexibility index (Phi) is 3.59. The third-order valence-electron chi connectivity index (χ3n) is 1.90. The second-order valence-corrected chi connectivity index (χ2v) is 3.56. The average Bonchev–Trinajstić information content (AvgIpc) is 2.52. The lowest BCUT2D eigenvalue weighted by molar-refractivity contribution is 0.174. The molecule has 1 unspecified atom stereocenters. The van der Waals surface area contributed by atoms with Crippen LogP contribution in [0.4, 0.5) is 0 Å². The molecule has 1 nitrogen and oxygen atoms in total. The van der Waals surface area contributed by atoms with Crippen molar-refractivity contribution in [2.45, 2.75) is 31.8 Å². The fourth-order valence-electron chi connectivity index (χ4n) is 1.16. The van der Waals surface area contributed by atoms with Gasteiger partial charge in [0.05, 0.1) is 0 Å². The zero-order valence-corrected chi connectivity index (χ0v) is 8.43. The maximum Gasteiger partial charge on any atom is 0.142 e. The second kappa shape index (κ2) is 4.50. The maximum absolute atomic E-state index is 9.60. The third kappa shape index (κ3) is 3.67. The van der Waals surface area contributed by atoms with Gasteiger partial charge in [0, 0.05) is 5.54 Å². The van der Waals surface area contributed by atoms with Crippen molar-refractivity contribution in [3.05, 3.63) is 23.3 Å². The molecular formula is C11H13ClO. The van der Waals surface area contributed by atoms with E-state index in [9.17, 15) is 5.11 Å². The van der Waals surface area contributed by atoms with E-state index in [1.165, 1.54) is 18.0 Å². The average molecular weight is 197 g/mol. The SMILES string of the molecule is CC(O)(C#CC1=CCCC1)/C=C/Cl.